The molecule has 0 aliphatic rings. The Bertz CT molecular complexity index is 474. The summed E-state index contributed by atoms with van der Waals surface area (Å²) in [5.41, 5.74) is 1.25. The average molecular weight is 312 g/mol. The van der Waals surface area contributed by atoms with Gasteiger partial charge in [0, 0.05) is 6.54 Å². The molecule has 4 nitrogen and oxygen atoms in total. The summed E-state index contributed by atoms with van der Waals surface area (Å²) in [6, 6.07) is 10.2. The molecule has 0 radical (unpaired) electrons. The minimum absolute atomic E-state index is 0.198. The molecule has 1 unspecified atom stereocenters. The minimum atomic E-state index is -3.14. The van der Waals surface area contributed by atoms with Gasteiger partial charge in [0.05, 0.1) is 5.75 Å². The van der Waals surface area contributed by atoms with Crippen LogP contribution in [0.4, 0.5) is 0 Å². The van der Waals surface area contributed by atoms with Gasteiger partial charge in [-0.25, -0.2) is 13.1 Å². The molecule has 5 heteroatoms. The molecule has 1 rings (SSSR count). The van der Waals surface area contributed by atoms with Crippen LogP contribution in [0.1, 0.15) is 44.6 Å². The first-order valence-electron chi connectivity index (χ1n) is 7.78. The van der Waals surface area contributed by atoms with Crippen molar-refractivity contribution in [2.75, 3.05) is 25.4 Å². The first-order chi connectivity index (χ1) is 10.0. The molecule has 0 heterocycles. The fraction of sp³-hybridized carbons (Fsp3) is 0.625. The molecule has 0 aliphatic heterocycles. The number of sulfonamides is 1. The Morgan fingerprint density at radius 1 is 1.10 bits per heavy atom. The van der Waals surface area contributed by atoms with Gasteiger partial charge in [-0.3, -0.25) is 0 Å². The van der Waals surface area contributed by atoms with Crippen LogP contribution < -0.4 is 10.0 Å². The zero-order chi connectivity index (χ0) is 15.6. The van der Waals surface area contributed by atoms with E-state index < -0.39 is 10.0 Å². The summed E-state index contributed by atoms with van der Waals surface area (Å²) in [5.74, 6) is 0.559. The highest BCUT2D eigenvalue weighted by Crippen LogP contribution is 2.17. The van der Waals surface area contributed by atoms with Gasteiger partial charge in [0.15, 0.2) is 0 Å². The summed E-state index contributed by atoms with van der Waals surface area (Å²) in [6.07, 6.45) is 2.54. The maximum Gasteiger partial charge on any atom is 0.211 e. The van der Waals surface area contributed by atoms with Crippen molar-refractivity contribution < 1.29 is 8.42 Å². The molecule has 1 atom stereocenters. The van der Waals surface area contributed by atoms with Crippen LogP contribution in [0.5, 0.6) is 0 Å². The van der Waals surface area contributed by atoms with Crippen LogP contribution in [-0.4, -0.2) is 33.8 Å². The molecular weight excluding hydrogens is 284 g/mol. The normalized spacial score (nSPS) is 13.2. The van der Waals surface area contributed by atoms with Gasteiger partial charge in [-0.2, -0.15) is 0 Å². The third-order valence-electron chi connectivity index (χ3n) is 3.46. The Morgan fingerprint density at radius 2 is 1.81 bits per heavy atom. The van der Waals surface area contributed by atoms with E-state index in [2.05, 4.69) is 36.0 Å². The van der Waals surface area contributed by atoms with Crippen LogP contribution in [0, 0.1) is 0 Å². The van der Waals surface area contributed by atoms with Crippen molar-refractivity contribution in [2.45, 2.75) is 39.0 Å². The van der Waals surface area contributed by atoms with Crippen LogP contribution in [0.25, 0.3) is 0 Å². The van der Waals surface area contributed by atoms with Gasteiger partial charge in [-0.05, 0) is 43.8 Å². The van der Waals surface area contributed by atoms with E-state index in [1.54, 1.807) is 0 Å². The summed E-state index contributed by atoms with van der Waals surface area (Å²) >= 11 is 0. The van der Waals surface area contributed by atoms with Gasteiger partial charge < -0.3 is 5.32 Å². The highest BCUT2D eigenvalue weighted by Gasteiger charge is 2.11. The summed E-state index contributed by atoms with van der Waals surface area (Å²) in [5, 5.41) is 3.21. The van der Waals surface area contributed by atoms with Crippen LogP contribution in [-0.2, 0) is 10.0 Å². The SMILES string of the molecule is CCCNCCCS(=O)(=O)NCCC(C)c1ccccc1. The molecule has 2 N–H and O–H groups in total. The lowest BCUT2D eigenvalue weighted by atomic mass is 9.98. The highest BCUT2D eigenvalue weighted by molar-refractivity contribution is 7.89. The van der Waals surface area contributed by atoms with Crippen molar-refractivity contribution in [3.63, 3.8) is 0 Å². The standard InChI is InChI=1S/C16H28N2O2S/c1-3-11-17-12-7-14-21(19,20)18-13-10-15(2)16-8-5-4-6-9-16/h4-6,8-9,15,17-18H,3,7,10-14H2,1-2H3. The fourth-order valence-corrected chi connectivity index (χ4v) is 3.24. The molecular formula is C16H28N2O2S. The molecule has 0 aliphatic carbocycles. The van der Waals surface area contributed by atoms with Gasteiger partial charge in [0.25, 0.3) is 0 Å². The minimum Gasteiger partial charge on any atom is -0.317 e. The molecule has 0 fully saturated rings. The molecule has 0 amide bonds. The van der Waals surface area contributed by atoms with Crippen molar-refractivity contribution in [3.8, 4) is 0 Å². The largest absolute Gasteiger partial charge is 0.317 e. The third-order valence-corrected chi connectivity index (χ3v) is 4.93. The second-order valence-corrected chi connectivity index (χ2v) is 7.34. The third kappa shape index (κ3) is 8.19. The monoisotopic (exact) mass is 312 g/mol. The zero-order valence-electron chi connectivity index (χ0n) is 13.1. The van der Waals surface area contributed by atoms with E-state index in [0.717, 1.165) is 25.9 Å². The van der Waals surface area contributed by atoms with Crippen molar-refractivity contribution in [1.29, 1.82) is 0 Å². The van der Waals surface area contributed by atoms with Crippen LogP contribution >= 0.6 is 0 Å². The molecule has 0 saturated carbocycles. The number of hydrogen-bond donors (Lipinski definition) is 2. The predicted molar refractivity (Wildman–Crippen MR) is 89.0 cm³/mol. The van der Waals surface area contributed by atoms with Gasteiger partial charge >= 0.3 is 0 Å². The van der Waals surface area contributed by atoms with Gasteiger partial charge in [-0.15, -0.1) is 0 Å². The molecule has 0 saturated heterocycles. The van der Waals surface area contributed by atoms with E-state index in [4.69, 9.17) is 0 Å². The maximum absolute atomic E-state index is 11.8. The molecule has 1 aromatic carbocycles. The summed E-state index contributed by atoms with van der Waals surface area (Å²) < 4.78 is 26.4. The Kier molecular flexibility index (Phi) is 8.57. The van der Waals surface area contributed by atoms with Crippen molar-refractivity contribution in [3.05, 3.63) is 35.9 Å². The Morgan fingerprint density at radius 3 is 2.48 bits per heavy atom. The van der Waals surface area contributed by atoms with Gasteiger partial charge in [-0.1, -0.05) is 44.2 Å². The smallest absolute Gasteiger partial charge is 0.211 e. The first kappa shape index (κ1) is 18.1. The summed E-state index contributed by atoms with van der Waals surface area (Å²) in [6.45, 7) is 6.43. The second-order valence-electron chi connectivity index (χ2n) is 5.42. The van der Waals surface area contributed by atoms with E-state index >= 15 is 0 Å². The van der Waals surface area contributed by atoms with E-state index in [9.17, 15) is 8.42 Å². The van der Waals surface area contributed by atoms with Gasteiger partial charge in [0.1, 0.15) is 0 Å². The number of hydrogen-bond acceptors (Lipinski definition) is 3. The molecule has 120 valence electrons. The number of benzene rings is 1. The molecule has 1 aromatic rings. The molecule has 0 spiro atoms. The Labute approximate surface area is 129 Å². The topological polar surface area (TPSA) is 58.2 Å². The second kappa shape index (κ2) is 9.92. The van der Waals surface area contributed by atoms with E-state index in [1.165, 1.54) is 5.56 Å². The fourth-order valence-electron chi connectivity index (χ4n) is 2.14. The lowest BCUT2D eigenvalue weighted by Crippen LogP contribution is -2.29. The quantitative estimate of drug-likeness (QED) is 0.617. The van der Waals surface area contributed by atoms with E-state index in [-0.39, 0.29) is 5.75 Å². The van der Waals surface area contributed by atoms with Crippen LogP contribution in [0.2, 0.25) is 0 Å². The van der Waals surface area contributed by atoms with Crippen LogP contribution in [0.15, 0.2) is 30.3 Å². The van der Waals surface area contributed by atoms with Crippen molar-refractivity contribution in [2.24, 2.45) is 0 Å². The Balaban J connectivity index is 2.21. The Hall–Kier alpha value is -0.910. The maximum atomic E-state index is 11.8. The van der Waals surface area contributed by atoms with E-state index in [1.807, 2.05) is 18.2 Å². The lowest BCUT2D eigenvalue weighted by molar-refractivity contribution is 0.566. The highest BCUT2D eigenvalue weighted by atomic mass is 32.2. The molecule has 0 bridgehead atoms. The van der Waals surface area contributed by atoms with Crippen LogP contribution in [0.3, 0.4) is 0 Å². The molecule has 21 heavy (non-hydrogen) atoms. The van der Waals surface area contributed by atoms with Gasteiger partial charge in [0.2, 0.25) is 10.0 Å². The summed E-state index contributed by atoms with van der Waals surface area (Å²) in [4.78, 5) is 0. The van der Waals surface area contributed by atoms with Crippen molar-refractivity contribution >= 4 is 10.0 Å². The predicted octanol–water partition coefficient (Wildman–Crippen LogP) is 2.49. The summed E-state index contributed by atoms with van der Waals surface area (Å²) in [7, 11) is -3.14. The van der Waals surface area contributed by atoms with Crippen molar-refractivity contribution in [1.82, 2.24) is 10.0 Å². The first-order valence-corrected chi connectivity index (χ1v) is 9.43. The average Bonchev–Trinajstić information content (AvgIpc) is 2.47. The molecule has 0 aromatic heterocycles. The number of nitrogens with one attached hydrogen (secondary N) is 2. The van der Waals surface area contributed by atoms with E-state index in [0.29, 0.717) is 18.9 Å². The number of rotatable bonds is 11. The lowest BCUT2D eigenvalue weighted by Gasteiger charge is -2.12. The zero-order valence-corrected chi connectivity index (χ0v) is 14.0.